The lowest BCUT2D eigenvalue weighted by Crippen LogP contribution is -2.44. The number of benzene rings is 3. The molecule has 3 aromatic carbocycles. The third-order valence-electron chi connectivity index (χ3n) is 5.55. The number of thiocarbonyl (C=S) groups is 1. The van der Waals surface area contributed by atoms with Gasteiger partial charge in [-0.15, -0.1) is 11.3 Å². The van der Waals surface area contributed by atoms with Gasteiger partial charge in [0.05, 0.1) is 21.4 Å². The summed E-state index contributed by atoms with van der Waals surface area (Å²) in [7, 11) is 1.57. The molecule has 1 aromatic heterocycles. The first-order valence-corrected chi connectivity index (χ1v) is 13.9. The molecular formula is C27H19BrN2O4S3. The minimum absolute atomic E-state index is 0.252. The number of hydrogen-bond acceptors (Lipinski definition) is 7. The zero-order valence-electron chi connectivity index (χ0n) is 19.4. The van der Waals surface area contributed by atoms with Crippen LogP contribution in [0.5, 0.6) is 11.5 Å². The molecule has 1 saturated heterocycles. The summed E-state index contributed by atoms with van der Waals surface area (Å²) in [4.78, 5) is 26.2. The van der Waals surface area contributed by atoms with E-state index in [-0.39, 0.29) is 10.2 Å². The number of thioether (sulfide) groups is 1. The van der Waals surface area contributed by atoms with E-state index in [2.05, 4.69) is 39.6 Å². The maximum Gasteiger partial charge on any atom is 0.285 e. The molecule has 186 valence electrons. The first kappa shape index (κ1) is 25.5. The number of carbonyl (C=O) groups is 2. The molecule has 0 aliphatic carbocycles. The lowest BCUT2D eigenvalue weighted by Gasteiger charge is -2.15. The Morgan fingerprint density at radius 2 is 1.95 bits per heavy atom. The van der Waals surface area contributed by atoms with Crippen molar-refractivity contribution in [3.8, 4) is 11.5 Å². The number of thiophene rings is 1. The van der Waals surface area contributed by atoms with Crippen LogP contribution in [0.2, 0.25) is 0 Å². The summed E-state index contributed by atoms with van der Waals surface area (Å²) in [6, 6.07) is 21.4. The summed E-state index contributed by atoms with van der Waals surface area (Å²) in [5, 5.41) is 5.17. The number of carbonyl (C=O) groups excluding carboxylic acids is 2. The van der Waals surface area contributed by atoms with Gasteiger partial charge in [-0.2, -0.15) is 5.01 Å². The second-order valence-electron chi connectivity index (χ2n) is 7.90. The van der Waals surface area contributed by atoms with Crippen molar-refractivity contribution in [1.82, 2.24) is 10.4 Å². The second kappa shape index (κ2) is 11.1. The molecule has 1 N–H and O–H groups in total. The summed E-state index contributed by atoms with van der Waals surface area (Å²) in [5.41, 5.74) is 4.36. The lowest BCUT2D eigenvalue weighted by molar-refractivity contribution is -0.123. The topological polar surface area (TPSA) is 67.9 Å². The Labute approximate surface area is 235 Å². The second-order valence-corrected chi connectivity index (χ2v) is 11.4. The highest BCUT2D eigenvalue weighted by molar-refractivity contribution is 9.10. The molecule has 1 aliphatic rings. The smallest absolute Gasteiger partial charge is 0.285 e. The van der Waals surface area contributed by atoms with Gasteiger partial charge in [0.25, 0.3) is 11.8 Å². The summed E-state index contributed by atoms with van der Waals surface area (Å²) >= 11 is 11.3. The van der Waals surface area contributed by atoms with Crippen LogP contribution >= 0.6 is 51.2 Å². The fourth-order valence-electron chi connectivity index (χ4n) is 3.81. The predicted octanol–water partition coefficient (Wildman–Crippen LogP) is 6.80. The molecule has 4 aromatic rings. The quantitative estimate of drug-likeness (QED) is 0.183. The Morgan fingerprint density at radius 3 is 2.73 bits per heavy atom. The number of hydrogen-bond donors (Lipinski definition) is 1. The Kier molecular flexibility index (Phi) is 7.61. The molecule has 0 bridgehead atoms. The third-order valence-corrected chi connectivity index (χ3v) is 8.31. The van der Waals surface area contributed by atoms with Crippen LogP contribution in [-0.4, -0.2) is 28.3 Å². The van der Waals surface area contributed by atoms with Crippen LogP contribution in [0.4, 0.5) is 0 Å². The van der Waals surface area contributed by atoms with E-state index in [9.17, 15) is 9.59 Å². The zero-order chi connectivity index (χ0) is 25.9. The van der Waals surface area contributed by atoms with Crippen molar-refractivity contribution >= 4 is 84.2 Å². The van der Waals surface area contributed by atoms with E-state index < -0.39 is 5.91 Å². The number of nitrogens with zero attached hydrogens (tertiary/aromatic N) is 1. The van der Waals surface area contributed by atoms with E-state index in [0.717, 1.165) is 33.1 Å². The molecule has 2 heterocycles. The van der Waals surface area contributed by atoms with Crippen LogP contribution in [0.15, 0.2) is 81.5 Å². The molecule has 0 radical (unpaired) electrons. The molecule has 5 rings (SSSR count). The lowest BCUT2D eigenvalue weighted by atomic mass is 10.1. The first-order chi connectivity index (χ1) is 17.9. The standard InChI is InChI=1S/C27H19BrN2O4S3/c1-33-21-13-16(14-23-26(32)30(27(35)37-23)29-25(31)22-10-5-11-36-22)12-20(28)24(21)34-15-18-8-4-7-17-6-2-3-9-19(17)18/h2-14H,15H2,1H3,(H,29,31)/b23-14+. The van der Waals surface area contributed by atoms with Crippen molar-refractivity contribution in [2.45, 2.75) is 6.61 Å². The Bertz CT molecular complexity index is 1550. The number of ether oxygens (including phenoxy) is 2. The van der Waals surface area contributed by atoms with Crippen molar-refractivity contribution < 1.29 is 19.1 Å². The molecule has 10 heteroatoms. The van der Waals surface area contributed by atoms with Gasteiger partial charge in [-0.25, -0.2) is 0 Å². The number of hydrazine groups is 1. The molecule has 6 nitrogen and oxygen atoms in total. The zero-order valence-corrected chi connectivity index (χ0v) is 23.4. The van der Waals surface area contributed by atoms with Gasteiger partial charge in [-0.05, 0) is 79.7 Å². The molecule has 0 atom stereocenters. The van der Waals surface area contributed by atoms with Gasteiger partial charge in [-0.3, -0.25) is 15.0 Å². The number of nitrogens with one attached hydrogen (secondary N) is 1. The van der Waals surface area contributed by atoms with Gasteiger partial charge in [0, 0.05) is 0 Å². The average molecular weight is 612 g/mol. The fraction of sp³-hybridized carbons (Fsp3) is 0.0741. The maximum atomic E-state index is 13.0. The van der Waals surface area contributed by atoms with Crippen LogP contribution in [0.1, 0.15) is 20.8 Å². The predicted molar refractivity (Wildman–Crippen MR) is 156 cm³/mol. The highest BCUT2D eigenvalue weighted by atomic mass is 79.9. The summed E-state index contributed by atoms with van der Waals surface area (Å²) in [6.45, 7) is 0.359. The third kappa shape index (κ3) is 5.42. The number of amides is 2. The van der Waals surface area contributed by atoms with E-state index in [1.165, 1.54) is 11.3 Å². The minimum Gasteiger partial charge on any atom is -0.493 e. The van der Waals surface area contributed by atoms with Crippen molar-refractivity contribution in [2.75, 3.05) is 7.11 Å². The van der Waals surface area contributed by atoms with Crippen molar-refractivity contribution in [1.29, 1.82) is 0 Å². The Hall–Kier alpha value is -3.18. The van der Waals surface area contributed by atoms with Gasteiger partial charge in [0.2, 0.25) is 0 Å². The van der Waals surface area contributed by atoms with Crippen LogP contribution in [0.3, 0.4) is 0 Å². The van der Waals surface area contributed by atoms with Crippen molar-refractivity contribution in [3.05, 3.63) is 97.5 Å². The molecule has 1 fully saturated rings. The molecule has 37 heavy (non-hydrogen) atoms. The van der Waals surface area contributed by atoms with E-state index in [4.69, 9.17) is 21.7 Å². The van der Waals surface area contributed by atoms with Crippen molar-refractivity contribution in [3.63, 3.8) is 0 Å². The molecule has 0 spiro atoms. The monoisotopic (exact) mass is 610 g/mol. The van der Waals surface area contributed by atoms with Crippen LogP contribution in [-0.2, 0) is 11.4 Å². The van der Waals surface area contributed by atoms with E-state index in [0.29, 0.717) is 37.9 Å². The van der Waals surface area contributed by atoms with E-state index in [1.54, 1.807) is 36.8 Å². The van der Waals surface area contributed by atoms with Gasteiger partial charge in [0.15, 0.2) is 15.8 Å². The van der Waals surface area contributed by atoms with Crippen LogP contribution < -0.4 is 14.9 Å². The normalized spacial score (nSPS) is 14.4. The van der Waals surface area contributed by atoms with Gasteiger partial charge >= 0.3 is 0 Å². The number of methoxy groups -OCH3 is 1. The van der Waals surface area contributed by atoms with Gasteiger partial charge in [0.1, 0.15) is 6.61 Å². The summed E-state index contributed by atoms with van der Waals surface area (Å²) in [5.74, 6) is 0.293. The maximum absolute atomic E-state index is 13.0. The summed E-state index contributed by atoms with van der Waals surface area (Å²) < 4.78 is 12.7. The van der Waals surface area contributed by atoms with Crippen LogP contribution in [0, 0.1) is 0 Å². The number of fused-ring (bicyclic) bond motifs is 1. The minimum atomic E-state index is -0.397. The first-order valence-electron chi connectivity index (χ1n) is 11.0. The molecule has 1 aliphatic heterocycles. The fourth-order valence-corrected chi connectivity index (χ4v) is 6.18. The largest absolute Gasteiger partial charge is 0.493 e. The average Bonchev–Trinajstić information content (AvgIpc) is 3.53. The van der Waals surface area contributed by atoms with Crippen LogP contribution in [0.25, 0.3) is 16.8 Å². The van der Waals surface area contributed by atoms with E-state index >= 15 is 0 Å². The SMILES string of the molecule is COc1cc(/C=C2/SC(=S)N(NC(=O)c3cccs3)C2=O)cc(Br)c1OCc1cccc2ccccc12. The van der Waals surface area contributed by atoms with Gasteiger partial charge in [-0.1, -0.05) is 60.3 Å². The Morgan fingerprint density at radius 1 is 1.14 bits per heavy atom. The molecule has 0 saturated carbocycles. The highest BCUT2D eigenvalue weighted by Gasteiger charge is 2.34. The highest BCUT2D eigenvalue weighted by Crippen LogP contribution is 2.39. The summed E-state index contributed by atoms with van der Waals surface area (Å²) in [6.07, 6.45) is 1.71. The molecule has 0 unspecified atom stereocenters. The molecular weight excluding hydrogens is 592 g/mol. The Balaban J connectivity index is 1.35. The number of rotatable bonds is 7. The van der Waals surface area contributed by atoms with E-state index in [1.807, 2.05) is 30.3 Å². The van der Waals surface area contributed by atoms with Gasteiger partial charge < -0.3 is 9.47 Å². The number of halogens is 1. The van der Waals surface area contributed by atoms with Crippen molar-refractivity contribution in [2.24, 2.45) is 0 Å². The molecule has 2 amide bonds.